The smallest absolute Gasteiger partial charge is 0.189 e. The van der Waals surface area contributed by atoms with Crippen LogP contribution in [0.4, 0.5) is 0 Å². The van der Waals surface area contributed by atoms with E-state index in [1.54, 1.807) is 0 Å². The van der Waals surface area contributed by atoms with Gasteiger partial charge in [-0.25, -0.2) is 0 Å². The first-order valence-corrected chi connectivity index (χ1v) is 58.5. The molecule has 21 aliphatic rings. The number of allylic oxidation sites excluding steroid dienone is 4. The lowest BCUT2D eigenvalue weighted by molar-refractivity contribution is -0.148. The highest BCUT2D eigenvalue weighted by molar-refractivity contribution is 5.87. The Kier molecular flexibility index (Phi) is 29.5. The molecule has 0 unspecified atom stereocenters. The van der Waals surface area contributed by atoms with Crippen molar-refractivity contribution in [3.8, 4) is 0 Å². The number of rotatable bonds is 12. The summed E-state index contributed by atoms with van der Waals surface area (Å²) in [6.07, 6.45) is 38.6. The minimum atomic E-state index is -0.354. The van der Waals surface area contributed by atoms with E-state index in [-0.39, 0.29) is 178 Å². The molecule has 0 aromatic rings. The molecule has 0 aromatic carbocycles. The van der Waals surface area contributed by atoms with Gasteiger partial charge in [0.2, 0.25) is 0 Å². The lowest BCUT2D eigenvalue weighted by Crippen LogP contribution is -2.55. The molecule has 41 atom stereocenters. The Hall–Kier alpha value is -4.80. The topological polar surface area (TPSA) is 249 Å². The molecule has 4 aliphatic heterocycles. The lowest BCUT2D eigenvalue weighted by atomic mass is 9.48. The second kappa shape index (κ2) is 39.0. The molecule has 0 radical (unpaired) electrons. The van der Waals surface area contributed by atoms with Crippen molar-refractivity contribution in [1.29, 1.82) is 0 Å². The molecule has 0 bridgehead atoms. The number of ketones is 4. The third kappa shape index (κ3) is 17.2. The van der Waals surface area contributed by atoms with Crippen LogP contribution in [0.1, 0.15) is 351 Å². The first kappa shape index (κ1) is 109. The Labute approximate surface area is 870 Å². The maximum absolute atomic E-state index is 14.0. The molecule has 0 spiro atoms. The van der Waals surface area contributed by atoms with Gasteiger partial charge in [0.15, 0.2) is 23.6 Å². The zero-order valence-corrected chi connectivity index (χ0v) is 95.5. The lowest BCUT2D eigenvalue weighted by Gasteiger charge is -2.56. The largest absolute Gasteiger partial charge is 0.480 e. The molecule has 20 nitrogen and oxygen atoms in total. The number of nitrogens with zero attached hydrogens (tertiary/aromatic N) is 8. The van der Waals surface area contributed by atoms with Gasteiger partial charge in [0, 0.05) is 143 Å². The molecular weight excluding hydrogens is 1790 g/mol. The van der Waals surface area contributed by atoms with Gasteiger partial charge in [-0.3, -0.25) is 39.1 Å². The van der Waals surface area contributed by atoms with Crippen molar-refractivity contribution in [2.24, 2.45) is 197 Å². The van der Waals surface area contributed by atoms with Gasteiger partial charge in [0.05, 0.1) is 75.0 Å². The maximum Gasteiger partial charge on any atom is 0.189 e. The summed E-state index contributed by atoms with van der Waals surface area (Å²) in [6.45, 7) is 53.5. The summed E-state index contributed by atoms with van der Waals surface area (Å²) in [6, 6.07) is 2.09. The van der Waals surface area contributed by atoms with E-state index >= 15 is 0 Å². The molecule has 17 aliphatic carbocycles. The van der Waals surface area contributed by atoms with Gasteiger partial charge in [-0.15, -0.1) is 0 Å². The highest BCUT2D eigenvalue weighted by Gasteiger charge is 2.74. The fourth-order valence-corrected chi connectivity index (χ4v) is 39.0. The van der Waals surface area contributed by atoms with Crippen LogP contribution in [0.15, 0.2) is 66.6 Å². The highest BCUT2D eigenvalue weighted by Crippen LogP contribution is 2.76. The minimum absolute atomic E-state index is 0.00104. The summed E-state index contributed by atoms with van der Waals surface area (Å²) < 4.78 is 25.3. The zero-order valence-electron chi connectivity index (χ0n) is 95.5. The summed E-state index contributed by atoms with van der Waals surface area (Å²) in [5.74, 6) is 10.3. The van der Waals surface area contributed by atoms with E-state index in [2.05, 4.69) is 253 Å². The second-order valence-corrected chi connectivity index (χ2v) is 57.5. The van der Waals surface area contributed by atoms with Gasteiger partial charge in [0.1, 0.15) is 23.1 Å². The van der Waals surface area contributed by atoms with E-state index in [1.807, 2.05) is 0 Å². The minimum Gasteiger partial charge on any atom is -0.480 e. The van der Waals surface area contributed by atoms with Crippen molar-refractivity contribution in [2.75, 3.05) is 82.8 Å². The highest BCUT2D eigenvalue weighted by atomic mass is 16.5. The van der Waals surface area contributed by atoms with Crippen LogP contribution in [0.25, 0.3) is 0 Å². The van der Waals surface area contributed by atoms with Gasteiger partial charge in [0.25, 0.3) is 0 Å². The maximum atomic E-state index is 14.0. The van der Waals surface area contributed by atoms with E-state index in [9.17, 15) is 39.6 Å². The molecule has 0 saturated heterocycles. The fraction of sp³-hybridized carbons (Fsp3) is 0.871. The van der Waals surface area contributed by atoms with E-state index in [0.29, 0.717) is 120 Å². The normalized spacial score (nSPS) is 48.1. The zero-order chi connectivity index (χ0) is 104. The van der Waals surface area contributed by atoms with Gasteiger partial charge >= 0.3 is 0 Å². The average Bonchev–Trinajstić information content (AvgIpc) is 1.54. The molecule has 13 saturated carbocycles. The van der Waals surface area contributed by atoms with Gasteiger partial charge in [-0.1, -0.05) is 190 Å². The van der Waals surface area contributed by atoms with Crippen LogP contribution in [0, 0.1) is 177 Å². The molecule has 21 rings (SSSR count). The third-order valence-electron chi connectivity index (χ3n) is 49.2. The summed E-state index contributed by atoms with van der Waals surface area (Å²) in [5.41, 5.74) is 5.12. The number of hydrogen-bond acceptors (Lipinski definition) is 20. The molecule has 806 valence electrons. The van der Waals surface area contributed by atoms with Gasteiger partial charge < -0.3 is 59.0 Å². The number of ether oxygens (including phenoxy) is 4. The summed E-state index contributed by atoms with van der Waals surface area (Å²) >= 11 is 0. The summed E-state index contributed by atoms with van der Waals surface area (Å²) in [4.78, 5) is 85.3. The number of carbonyl (C=O) groups is 4. The Morgan fingerprint density at radius 1 is 0.361 bits per heavy atom. The van der Waals surface area contributed by atoms with Crippen LogP contribution in [0.2, 0.25) is 0 Å². The van der Waals surface area contributed by atoms with E-state index in [4.69, 9.17) is 38.9 Å². The number of fused-ring (bicyclic) bond motifs is 24. The first-order valence-electron chi connectivity index (χ1n) is 58.5. The number of carbonyl (C=O) groups excluding carboxylic acids is 4. The molecule has 0 aromatic heterocycles. The van der Waals surface area contributed by atoms with Crippen molar-refractivity contribution < 1.29 is 58.6 Å². The third-order valence-corrected chi connectivity index (χ3v) is 49.2. The summed E-state index contributed by atoms with van der Waals surface area (Å²) in [7, 11) is 16.8. The summed E-state index contributed by atoms with van der Waals surface area (Å²) in [5, 5.41) is 45.7. The van der Waals surface area contributed by atoms with E-state index in [0.717, 1.165) is 191 Å². The van der Waals surface area contributed by atoms with Gasteiger partial charge in [-0.2, -0.15) is 0 Å². The average molecular weight is 1990 g/mol. The predicted molar refractivity (Wildman–Crippen MR) is 577 cm³/mol. The van der Waals surface area contributed by atoms with Crippen LogP contribution in [0.5, 0.6) is 0 Å². The van der Waals surface area contributed by atoms with Crippen LogP contribution in [0.3, 0.4) is 0 Å². The van der Waals surface area contributed by atoms with Crippen molar-refractivity contribution in [3.63, 3.8) is 0 Å². The van der Waals surface area contributed by atoms with Crippen molar-refractivity contribution in [3.05, 3.63) is 46.6 Å². The molecule has 20 heteroatoms. The molecule has 13 fully saturated rings. The molecular formula is C124H198N8O12. The van der Waals surface area contributed by atoms with Crippen LogP contribution >= 0.6 is 0 Å². The Morgan fingerprint density at radius 3 is 0.944 bits per heavy atom. The quantitative estimate of drug-likeness (QED) is 0.133. The Balaban J connectivity index is 0.000000126. The Morgan fingerprint density at radius 2 is 0.646 bits per heavy atom. The van der Waals surface area contributed by atoms with Crippen LogP contribution in [-0.4, -0.2) is 242 Å². The van der Waals surface area contributed by atoms with Crippen LogP contribution in [-0.2, 0) is 38.1 Å². The molecule has 144 heavy (non-hydrogen) atoms. The monoisotopic (exact) mass is 1990 g/mol. The second-order valence-electron chi connectivity index (χ2n) is 57.5. The van der Waals surface area contributed by atoms with Crippen molar-refractivity contribution in [1.82, 2.24) is 19.6 Å². The Bertz CT molecular complexity index is 5090. The van der Waals surface area contributed by atoms with Crippen molar-refractivity contribution >= 4 is 46.7 Å². The fourth-order valence-electron chi connectivity index (χ4n) is 39.0. The standard InChI is InChI=1S/C33H52N2O3.2C31H50N2O3.C29H46N2O3/c1-20(35(5)6)29-27(37)18-32(3)25-14-13-24-22(16-23(25)26(36)17-33(29,32)4)12-15-28-31(24,2)19-38-30(34-28)21-10-8-7-9-11-21;1-18(33(8)9)26-24(35)16-30(6)22-12-11-21-19(14-20(22)23(34)15-31(26,30)7)10-13-25-29(21,5)17-36-27(32-25)28(2,3)4;1-9-18(2)28-32-26-13-10-20-14-21-23(12-11-22(20)29(26,4)17-36-28)30(5)16-25(35)27(19(3)33(7)8)31(30,6)15-24(21)34;1-8-25-30-24-12-9-18-13-19-21(11-10-20(18)27(24,3)16-34-25)28(4)15-23(33)26(17(2)31(6)7)29(28,5)14-22(19)32/h12,20-21,23-25,27-29,37H,7-11,13-19H2,1-6H3;10,18,20-22,24-26,35H,11-17H2,1-9H3;10,18-19,21-23,25-27,35H,9,11-17H2,1-8H3;9,17,19-21,23-24,26,33H,8,10-16H2,1-7H3/t20-,23+,24+,25+,27+,28-,29-,31-,32-,33+;18-,20+,21+,22+,24+,25-,26-,29-,30-,31+;18-,19-,21+,22+,23+,25+,26-,27-,29-,30-,31+;17-,19+,20+,21+,23+,24-,26-,27-,28-,29+/m0000/s1. The van der Waals surface area contributed by atoms with Crippen molar-refractivity contribution in [2.45, 2.75) is 424 Å². The molecule has 4 heterocycles. The number of hydrogen-bond donors (Lipinski definition) is 4. The number of Topliss-reactive ketones (excluding diaryl/α,β-unsaturated/α-hetero) is 4. The van der Waals surface area contributed by atoms with Crippen LogP contribution < -0.4 is 0 Å². The SMILES string of the molecule is CCC1=N[C@H]2CC=C3C[C@H]4C(=O)C[C@]5(C)[C@@H]([C@H](C)N(C)C)[C@H](O)C[C@@]5(C)[C@@H]4CC[C@H]3[C@]2(C)CO1.CC[C@H](C)C1=N[C@H]2CC=C3C[C@H]4C(=O)C[C@]5(C)[C@@H]([C@H](C)N(C)C)[C@H](O)C[C@@]5(C)[C@@H]4CC[C@H]3[C@]2(C)CO1.C[C@@H]([C@H]1[C@H](O)C[C@@]2(C)[C@@H]3CC[C@@H]4C(=CC[C@@H]5N=C(C(C)(C)C)OC[C@]54C)C[C@H]3C(=O)C[C@]12C)N(C)C.C[C@@H]([C@H]1[C@H](O)C[C@@]2(C)[C@@H]3CC[C@@H]4C(=CC[C@@H]5N=C(C6CCCCC6)OC[C@]54C)C[C@H]3C(=O)C[C@]12C)N(C)C. The number of aliphatic hydroxyl groups is 4. The van der Waals surface area contributed by atoms with E-state index in [1.165, 1.54) is 54.4 Å². The van der Waals surface area contributed by atoms with E-state index < -0.39 is 0 Å². The van der Waals surface area contributed by atoms with Gasteiger partial charge in [-0.05, 0) is 322 Å². The first-order chi connectivity index (χ1) is 67.5. The number of aliphatic imine (C=N–C) groups is 4. The predicted octanol–water partition coefficient (Wildman–Crippen LogP) is 22.0. The molecule has 0 amide bonds. The molecule has 4 N–H and O–H groups in total. The number of aliphatic hydroxyl groups excluding tert-OH is 4.